The van der Waals surface area contributed by atoms with Crippen LogP contribution >= 0.6 is 0 Å². The van der Waals surface area contributed by atoms with E-state index in [1.165, 1.54) is 60.8 Å². The van der Waals surface area contributed by atoms with Crippen LogP contribution in [0.4, 0.5) is 0 Å². The normalized spacial score (nSPS) is 16.9. The summed E-state index contributed by atoms with van der Waals surface area (Å²) in [6.07, 6.45) is 15.6. The number of hydrogen-bond acceptors (Lipinski definition) is 1. The summed E-state index contributed by atoms with van der Waals surface area (Å²) in [5.41, 5.74) is 11.0. The lowest BCUT2D eigenvalue weighted by molar-refractivity contribution is 0.643. The van der Waals surface area contributed by atoms with Gasteiger partial charge in [-0.05, 0) is 92.4 Å². The van der Waals surface area contributed by atoms with Gasteiger partial charge in [0.25, 0.3) is 0 Å². The van der Waals surface area contributed by atoms with Crippen molar-refractivity contribution in [1.29, 1.82) is 0 Å². The van der Waals surface area contributed by atoms with Crippen LogP contribution in [0.3, 0.4) is 0 Å². The molecule has 0 amide bonds. The summed E-state index contributed by atoms with van der Waals surface area (Å²) in [4.78, 5) is 5.18. The number of aromatic nitrogens is 2. The maximum Gasteiger partial charge on any atom is 0.145 e. The van der Waals surface area contributed by atoms with Crippen molar-refractivity contribution < 1.29 is 0 Å². The predicted octanol–water partition coefficient (Wildman–Crippen LogP) is 12.0. The van der Waals surface area contributed by atoms with Crippen LogP contribution in [0.5, 0.6) is 0 Å². The van der Waals surface area contributed by atoms with E-state index in [9.17, 15) is 0 Å². The largest absolute Gasteiger partial charge is 0.293 e. The van der Waals surface area contributed by atoms with Crippen molar-refractivity contribution in [3.63, 3.8) is 0 Å². The Bertz CT molecular complexity index is 2390. The molecule has 0 saturated carbocycles. The van der Waals surface area contributed by atoms with Crippen molar-refractivity contribution in [3.8, 4) is 39.3 Å². The van der Waals surface area contributed by atoms with E-state index < -0.39 is 0 Å². The summed E-state index contributed by atoms with van der Waals surface area (Å²) in [6.45, 7) is 2.34. The van der Waals surface area contributed by atoms with E-state index in [2.05, 4.69) is 175 Å². The van der Waals surface area contributed by atoms with Crippen LogP contribution in [0.25, 0.3) is 66.9 Å². The van der Waals surface area contributed by atoms with Gasteiger partial charge in [-0.25, -0.2) is 4.98 Å². The third-order valence-corrected chi connectivity index (χ3v) is 10.2. The molecule has 1 aromatic heterocycles. The Kier molecular flexibility index (Phi) is 7.01. The van der Waals surface area contributed by atoms with Crippen LogP contribution in [-0.4, -0.2) is 9.55 Å². The van der Waals surface area contributed by atoms with Gasteiger partial charge < -0.3 is 0 Å². The van der Waals surface area contributed by atoms with Gasteiger partial charge in [-0.1, -0.05) is 146 Å². The molecule has 0 fully saturated rings. The molecule has 0 saturated heterocycles. The average Bonchev–Trinajstić information content (AvgIpc) is 3.55. The van der Waals surface area contributed by atoms with Crippen molar-refractivity contribution in [1.82, 2.24) is 9.55 Å². The number of allylic oxidation sites excluding steroid dienone is 5. The minimum absolute atomic E-state index is 0.293. The first-order valence-electron chi connectivity index (χ1n) is 17.1. The van der Waals surface area contributed by atoms with E-state index in [1.807, 2.05) is 0 Å². The van der Waals surface area contributed by atoms with Gasteiger partial charge in [0.05, 0.1) is 11.4 Å². The highest BCUT2D eigenvalue weighted by molar-refractivity contribution is 6.16. The Morgan fingerprint density at radius 3 is 2.06 bits per heavy atom. The van der Waals surface area contributed by atoms with E-state index in [1.54, 1.807) is 0 Å². The molecule has 0 bridgehead atoms. The van der Waals surface area contributed by atoms with Crippen LogP contribution in [-0.2, 0) is 6.42 Å². The van der Waals surface area contributed by atoms with Gasteiger partial charge in [-0.3, -0.25) is 4.57 Å². The molecule has 0 N–H and O–H groups in total. The minimum atomic E-state index is 0.293. The summed E-state index contributed by atoms with van der Waals surface area (Å²) in [5.74, 6) is 1.69. The Morgan fingerprint density at radius 1 is 0.604 bits per heavy atom. The van der Waals surface area contributed by atoms with Gasteiger partial charge in [0, 0.05) is 17.2 Å². The monoisotopic (exact) mass is 616 g/mol. The number of fused-ring (bicyclic) bond motifs is 3. The zero-order valence-corrected chi connectivity index (χ0v) is 27.1. The Hall–Kier alpha value is -5.73. The Morgan fingerprint density at radius 2 is 1.27 bits per heavy atom. The van der Waals surface area contributed by atoms with E-state index in [4.69, 9.17) is 4.98 Å². The molecular weight excluding hydrogens is 581 g/mol. The molecule has 9 rings (SSSR count). The second kappa shape index (κ2) is 11.8. The summed E-state index contributed by atoms with van der Waals surface area (Å²) < 4.78 is 2.31. The molecule has 0 radical (unpaired) electrons. The van der Waals surface area contributed by atoms with Crippen LogP contribution in [0.2, 0.25) is 0 Å². The molecule has 2 aliphatic rings. The van der Waals surface area contributed by atoms with Crippen LogP contribution < -0.4 is 0 Å². The zero-order valence-electron chi connectivity index (χ0n) is 27.1. The smallest absolute Gasteiger partial charge is 0.145 e. The van der Waals surface area contributed by atoms with E-state index in [-0.39, 0.29) is 0 Å². The lowest BCUT2D eigenvalue weighted by atomic mass is 9.77. The highest BCUT2D eigenvalue weighted by Gasteiger charge is 2.25. The second-order valence-corrected chi connectivity index (χ2v) is 13.1. The Balaban J connectivity index is 1.22. The van der Waals surface area contributed by atoms with Crippen LogP contribution in [0.15, 0.2) is 158 Å². The first-order chi connectivity index (χ1) is 23.7. The second-order valence-electron chi connectivity index (χ2n) is 13.1. The number of imidazole rings is 1. The van der Waals surface area contributed by atoms with Gasteiger partial charge in [0.15, 0.2) is 0 Å². The summed E-state index contributed by atoms with van der Waals surface area (Å²) in [5, 5.41) is 5.27. The lowest BCUT2D eigenvalue weighted by Gasteiger charge is -2.26. The van der Waals surface area contributed by atoms with Gasteiger partial charge in [0.1, 0.15) is 5.82 Å². The highest BCUT2D eigenvalue weighted by atomic mass is 15.1. The third-order valence-electron chi connectivity index (χ3n) is 10.2. The van der Waals surface area contributed by atoms with Gasteiger partial charge in [-0.2, -0.15) is 0 Å². The van der Waals surface area contributed by atoms with Crippen molar-refractivity contribution >= 4 is 27.6 Å². The fraction of sp³-hybridized carbons (Fsp3) is 0.109. The number of nitrogens with zero attached hydrogens (tertiary/aromatic N) is 2. The fourth-order valence-electron chi connectivity index (χ4n) is 7.83. The number of aryl methyl sites for hydroxylation is 1. The van der Waals surface area contributed by atoms with Crippen molar-refractivity contribution in [2.45, 2.75) is 25.7 Å². The molecule has 0 spiro atoms. The van der Waals surface area contributed by atoms with Gasteiger partial charge >= 0.3 is 0 Å². The summed E-state index contributed by atoms with van der Waals surface area (Å²) in [7, 11) is 0. The van der Waals surface area contributed by atoms with Crippen molar-refractivity contribution in [2.24, 2.45) is 5.92 Å². The predicted molar refractivity (Wildman–Crippen MR) is 202 cm³/mol. The van der Waals surface area contributed by atoms with E-state index in [0.29, 0.717) is 11.8 Å². The van der Waals surface area contributed by atoms with Crippen molar-refractivity contribution in [3.05, 3.63) is 175 Å². The number of benzene rings is 6. The maximum atomic E-state index is 5.18. The third kappa shape index (κ3) is 4.76. The standard InChI is InChI=1S/C46H36N2/c1-31-14-8-9-19-37(31)45-39-21-11-10-20-38(39)44(33-15-4-2-5-16-33)40-29-28-35(30-41(40)45)32-24-26-34(27-25-32)46-47-42-22-12-13-23-43(42)48(46)36-17-6-3-7-18-36/h2-11,13-21,23-31,37H,12,22H2,1H3. The maximum absolute atomic E-state index is 5.18. The Labute approximate surface area is 282 Å². The number of para-hydroxylation sites is 1. The highest BCUT2D eigenvalue weighted by Crippen LogP contribution is 2.46. The quantitative estimate of drug-likeness (QED) is 0.176. The summed E-state index contributed by atoms with van der Waals surface area (Å²) >= 11 is 0. The molecule has 230 valence electrons. The molecule has 1 heterocycles. The van der Waals surface area contributed by atoms with Gasteiger partial charge in [0.2, 0.25) is 0 Å². The SMILES string of the molecule is CC1C=CC=CC1c1c2ccccc2c(-c2ccccc2)c2ccc(-c3ccc(-c4nc5c(n4-c4ccccc4)C=CCC5)cc3)cc12. The lowest BCUT2D eigenvalue weighted by Crippen LogP contribution is -2.09. The molecule has 2 atom stereocenters. The molecule has 2 nitrogen and oxygen atoms in total. The molecule has 48 heavy (non-hydrogen) atoms. The van der Waals surface area contributed by atoms with E-state index >= 15 is 0 Å². The molecule has 2 aliphatic carbocycles. The zero-order chi connectivity index (χ0) is 32.0. The van der Waals surface area contributed by atoms with E-state index in [0.717, 1.165) is 29.9 Å². The molecule has 6 aromatic carbocycles. The summed E-state index contributed by atoms with van der Waals surface area (Å²) in [6, 6.07) is 46.6. The molecular formula is C46H36N2. The molecule has 7 aromatic rings. The van der Waals surface area contributed by atoms with Gasteiger partial charge in [-0.15, -0.1) is 0 Å². The first-order valence-corrected chi connectivity index (χ1v) is 17.1. The fourth-order valence-corrected chi connectivity index (χ4v) is 7.83. The minimum Gasteiger partial charge on any atom is -0.293 e. The van der Waals surface area contributed by atoms with Crippen molar-refractivity contribution in [2.75, 3.05) is 0 Å². The van der Waals surface area contributed by atoms with Crippen LogP contribution in [0.1, 0.15) is 36.2 Å². The number of rotatable bonds is 5. The molecule has 2 unspecified atom stereocenters. The van der Waals surface area contributed by atoms with Crippen LogP contribution in [0, 0.1) is 5.92 Å². The molecule has 2 heteroatoms. The first kappa shape index (κ1) is 28.5. The number of hydrogen-bond donors (Lipinski definition) is 0. The topological polar surface area (TPSA) is 17.8 Å². The molecule has 0 aliphatic heterocycles. The average molecular weight is 617 g/mol.